The number of aryl methyl sites for hydroxylation is 1. The zero-order valence-corrected chi connectivity index (χ0v) is 11.3. The Morgan fingerprint density at radius 3 is 2.55 bits per heavy atom. The van der Waals surface area contributed by atoms with Crippen molar-refractivity contribution in [3.05, 3.63) is 57.9 Å². The topological polar surface area (TPSA) is 30.2 Å². The van der Waals surface area contributed by atoms with Crippen molar-refractivity contribution >= 4 is 21.7 Å². The smallest absolute Gasteiger partial charge is 0.339 e. The SMILES string of the molecule is O=c1oc2ccc3ccccc3c2c2c1CCCCC2. The summed E-state index contributed by atoms with van der Waals surface area (Å²) in [4.78, 5) is 12.2. The minimum atomic E-state index is -0.135. The molecule has 0 spiro atoms. The van der Waals surface area contributed by atoms with Crippen LogP contribution in [0.5, 0.6) is 0 Å². The number of fused-ring (bicyclic) bond motifs is 5. The van der Waals surface area contributed by atoms with Gasteiger partial charge in [-0.05, 0) is 48.1 Å². The van der Waals surface area contributed by atoms with Crippen molar-refractivity contribution in [2.45, 2.75) is 32.1 Å². The fourth-order valence-electron chi connectivity index (χ4n) is 3.39. The molecule has 2 aromatic carbocycles. The van der Waals surface area contributed by atoms with Gasteiger partial charge in [0.1, 0.15) is 5.58 Å². The van der Waals surface area contributed by atoms with E-state index >= 15 is 0 Å². The zero-order valence-electron chi connectivity index (χ0n) is 11.3. The van der Waals surface area contributed by atoms with Gasteiger partial charge in [0.25, 0.3) is 0 Å². The first-order valence-corrected chi connectivity index (χ1v) is 7.31. The fourth-order valence-corrected chi connectivity index (χ4v) is 3.39. The molecule has 1 aromatic heterocycles. The van der Waals surface area contributed by atoms with Crippen LogP contribution in [0.3, 0.4) is 0 Å². The van der Waals surface area contributed by atoms with E-state index in [0.29, 0.717) is 0 Å². The Bertz CT molecular complexity index is 858. The Hall–Kier alpha value is -2.09. The molecule has 0 fully saturated rings. The van der Waals surface area contributed by atoms with Crippen LogP contribution in [0.25, 0.3) is 21.7 Å². The summed E-state index contributed by atoms with van der Waals surface area (Å²) < 4.78 is 5.57. The van der Waals surface area contributed by atoms with Crippen LogP contribution in [0.1, 0.15) is 30.4 Å². The highest BCUT2D eigenvalue weighted by atomic mass is 16.4. The molecule has 2 heteroatoms. The lowest BCUT2D eigenvalue weighted by Gasteiger charge is -2.10. The van der Waals surface area contributed by atoms with Gasteiger partial charge in [-0.3, -0.25) is 0 Å². The van der Waals surface area contributed by atoms with Crippen molar-refractivity contribution in [1.29, 1.82) is 0 Å². The predicted octanol–water partition coefficient (Wildman–Crippen LogP) is 4.22. The minimum absolute atomic E-state index is 0.135. The molecule has 0 saturated heterocycles. The molecule has 1 aliphatic carbocycles. The minimum Gasteiger partial charge on any atom is -0.422 e. The summed E-state index contributed by atoms with van der Waals surface area (Å²) in [5.41, 5.74) is 2.73. The molecule has 1 aliphatic rings. The van der Waals surface area contributed by atoms with E-state index in [9.17, 15) is 4.79 Å². The Kier molecular flexibility index (Phi) is 2.62. The van der Waals surface area contributed by atoms with E-state index in [1.165, 1.54) is 22.8 Å². The summed E-state index contributed by atoms with van der Waals surface area (Å²) in [5.74, 6) is 0. The Morgan fingerprint density at radius 2 is 1.65 bits per heavy atom. The third kappa shape index (κ3) is 1.68. The maximum absolute atomic E-state index is 12.2. The molecular formula is C18H16O2. The van der Waals surface area contributed by atoms with Crippen molar-refractivity contribution in [1.82, 2.24) is 0 Å². The van der Waals surface area contributed by atoms with E-state index in [1.54, 1.807) is 0 Å². The second-order valence-electron chi connectivity index (χ2n) is 5.57. The van der Waals surface area contributed by atoms with Crippen molar-refractivity contribution in [3.63, 3.8) is 0 Å². The van der Waals surface area contributed by atoms with Gasteiger partial charge in [-0.1, -0.05) is 36.8 Å². The number of rotatable bonds is 0. The first kappa shape index (κ1) is 11.7. The van der Waals surface area contributed by atoms with Gasteiger partial charge in [-0.2, -0.15) is 0 Å². The monoisotopic (exact) mass is 264 g/mol. The molecule has 100 valence electrons. The average molecular weight is 264 g/mol. The molecule has 0 aliphatic heterocycles. The second-order valence-corrected chi connectivity index (χ2v) is 5.57. The quantitative estimate of drug-likeness (QED) is 0.346. The lowest BCUT2D eigenvalue weighted by molar-refractivity contribution is 0.547. The third-order valence-corrected chi connectivity index (χ3v) is 4.36. The van der Waals surface area contributed by atoms with Crippen LogP contribution < -0.4 is 5.63 Å². The van der Waals surface area contributed by atoms with Crippen molar-refractivity contribution in [2.75, 3.05) is 0 Å². The van der Waals surface area contributed by atoms with Crippen molar-refractivity contribution in [2.24, 2.45) is 0 Å². The van der Waals surface area contributed by atoms with Gasteiger partial charge >= 0.3 is 5.63 Å². The average Bonchev–Trinajstić information content (AvgIpc) is 2.73. The molecule has 4 rings (SSSR count). The molecule has 0 bridgehead atoms. The van der Waals surface area contributed by atoms with E-state index < -0.39 is 0 Å². The molecule has 3 aromatic rings. The lowest BCUT2D eigenvalue weighted by Crippen LogP contribution is -2.10. The number of benzene rings is 2. The van der Waals surface area contributed by atoms with Gasteiger partial charge in [-0.25, -0.2) is 4.79 Å². The molecule has 0 unspecified atom stereocenters. The van der Waals surface area contributed by atoms with Gasteiger partial charge in [0.05, 0.1) is 0 Å². The van der Waals surface area contributed by atoms with E-state index in [1.807, 2.05) is 18.2 Å². The number of hydrogen-bond donors (Lipinski definition) is 0. The van der Waals surface area contributed by atoms with Crippen molar-refractivity contribution < 1.29 is 4.42 Å². The van der Waals surface area contributed by atoms with Crippen LogP contribution in [-0.2, 0) is 12.8 Å². The summed E-state index contributed by atoms with van der Waals surface area (Å²) >= 11 is 0. The normalized spacial score (nSPS) is 15.2. The van der Waals surface area contributed by atoms with E-state index in [2.05, 4.69) is 18.2 Å². The molecule has 0 saturated carbocycles. The molecule has 0 N–H and O–H groups in total. The lowest BCUT2D eigenvalue weighted by atomic mass is 9.96. The molecule has 0 radical (unpaired) electrons. The van der Waals surface area contributed by atoms with Gasteiger partial charge in [0.2, 0.25) is 0 Å². The van der Waals surface area contributed by atoms with Gasteiger partial charge in [-0.15, -0.1) is 0 Å². The van der Waals surface area contributed by atoms with Gasteiger partial charge < -0.3 is 4.42 Å². The molecule has 20 heavy (non-hydrogen) atoms. The Labute approximate surface area is 117 Å². The van der Waals surface area contributed by atoms with Gasteiger partial charge in [0, 0.05) is 10.9 Å². The summed E-state index contributed by atoms with van der Waals surface area (Å²) in [6, 6.07) is 12.3. The first-order valence-electron chi connectivity index (χ1n) is 7.31. The van der Waals surface area contributed by atoms with Crippen LogP contribution in [-0.4, -0.2) is 0 Å². The third-order valence-electron chi connectivity index (χ3n) is 4.36. The van der Waals surface area contributed by atoms with E-state index in [4.69, 9.17) is 4.42 Å². The molecule has 0 amide bonds. The zero-order chi connectivity index (χ0) is 13.5. The van der Waals surface area contributed by atoms with Crippen molar-refractivity contribution in [3.8, 4) is 0 Å². The number of hydrogen-bond acceptors (Lipinski definition) is 2. The molecule has 2 nitrogen and oxygen atoms in total. The second kappa shape index (κ2) is 4.48. The van der Waals surface area contributed by atoms with Gasteiger partial charge in [0.15, 0.2) is 0 Å². The van der Waals surface area contributed by atoms with Crippen LogP contribution >= 0.6 is 0 Å². The molecular weight excluding hydrogens is 248 g/mol. The highest BCUT2D eigenvalue weighted by molar-refractivity contribution is 6.07. The maximum atomic E-state index is 12.2. The maximum Gasteiger partial charge on any atom is 0.339 e. The largest absolute Gasteiger partial charge is 0.422 e. The van der Waals surface area contributed by atoms with Crippen LogP contribution in [0.2, 0.25) is 0 Å². The predicted molar refractivity (Wildman–Crippen MR) is 81.2 cm³/mol. The summed E-state index contributed by atoms with van der Waals surface area (Å²) in [5, 5.41) is 3.56. The molecule has 0 atom stereocenters. The summed E-state index contributed by atoms with van der Waals surface area (Å²) in [6.07, 6.45) is 5.30. The van der Waals surface area contributed by atoms with E-state index in [0.717, 1.165) is 42.2 Å². The fraction of sp³-hybridized carbons (Fsp3) is 0.278. The Morgan fingerprint density at radius 1 is 0.850 bits per heavy atom. The van der Waals surface area contributed by atoms with Crippen LogP contribution in [0.4, 0.5) is 0 Å². The Balaban J connectivity index is 2.21. The molecule has 1 heterocycles. The highest BCUT2D eigenvalue weighted by Crippen LogP contribution is 2.31. The van der Waals surface area contributed by atoms with E-state index in [-0.39, 0.29) is 5.63 Å². The first-order chi connectivity index (χ1) is 9.84. The standard InChI is InChI=1S/C18H16O2/c19-18-15-9-3-1-2-8-14(15)17-13-7-5-4-6-12(13)10-11-16(17)20-18/h4-7,10-11H,1-3,8-9H2. The summed E-state index contributed by atoms with van der Waals surface area (Å²) in [6.45, 7) is 0. The highest BCUT2D eigenvalue weighted by Gasteiger charge is 2.18. The summed E-state index contributed by atoms with van der Waals surface area (Å²) in [7, 11) is 0. The van der Waals surface area contributed by atoms with Crippen LogP contribution in [0, 0.1) is 0 Å². The van der Waals surface area contributed by atoms with Crippen LogP contribution in [0.15, 0.2) is 45.6 Å².